The standard InChI is InChI=1S/C23H31N5O5S/c1-4-33-23(32)26-11-9-25(10-12-26)22(31)19-16(3)18-20(34-19)24-14-27(21(18)30)13-17(29)28-8-6-5-7-15(28)2/h14-15H,4-13H2,1-3H3. The molecule has 4 heterocycles. The zero-order valence-electron chi connectivity index (χ0n) is 19.9. The van der Waals surface area contributed by atoms with E-state index in [1.54, 1.807) is 23.6 Å². The summed E-state index contributed by atoms with van der Waals surface area (Å²) in [4.78, 5) is 61.6. The molecule has 2 aliphatic heterocycles. The van der Waals surface area contributed by atoms with E-state index in [9.17, 15) is 19.2 Å². The van der Waals surface area contributed by atoms with E-state index in [4.69, 9.17) is 4.74 Å². The quantitative estimate of drug-likeness (QED) is 0.651. The number of carbonyl (C=O) groups excluding carboxylic acids is 3. The molecule has 34 heavy (non-hydrogen) atoms. The molecule has 2 aliphatic rings. The number of fused-ring (bicyclic) bond motifs is 1. The van der Waals surface area contributed by atoms with Crippen molar-refractivity contribution in [3.8, 4) is 0 Å². The van der Waals surface area contributed by atoms with E-state index >= 15 is 0 Å². The van der Waals surface area contributed by atoms with Crippen molar-refractivity contribution in [2.24, 2.45) is 0 Å². The first-order valence-corrected chi connectivity index (χ1v) is 12.6. The average molecular weight is 490 g/mol. The lowest BCUT2D eigenvalue weighted by molar-refractivity contribution is -0.135. The maximum atomic E-state index is 13.2. The zero-order chi connectivity index (χ0) is 24.4. The van der Waals surface area contributed by atoms with Gasteiger partial charge in [-0.2, -0.15) is 0 Å². The van der Waals surface area contributed by atoms with E-state index in [1.807, 2.05) is 11.8 Å². The molecule has 4 rings (SSSR count). The van der Waals surface area contributed by atoms with Gasteiger partial charge in [-0.25, -0.2) is 9.78 Å². The fourth-order valence-corrected chi connectivity index (χ4v) is 5.74. The fraction of sp³-hybridized carbons (Fsp3) is 0.609. The van der Waals surface area contributed by atoms with Crippen LogP contribution in [0.25, 0.3) is 10.2 Å². The van der Waals surface area contributed by atoms with E-state index in [0.717, 1.165) is 19.3 Å². The number of amides is 3. The number of carbonyl (C=O) groups is 3. The lowest BCUT2D eigenvalue weighted by Crippen LogP contribution is -2.50. The molecule has 0 bridgehead atoms. The molecule has 2 aromatic heterocycles. The van der Waals surface area contributed by atoms with Crippen molar-refractivity contribution in [2.45, 2.75) is 52.6 Å². The van der Waals surface area contributed by atoms with Crippen LogP contribution in [0.1, 0.15) is 48.3 Å². The maximum absolute atomic E-state index is 13.2. The molecule has 11 heteroatoms. The predicted octanol–water partition coefficient (Wildman–Crippen LogP) is 2.08. The Morgan fingerprint density at radius 3 is 2.50 bits per heavy atom. The Morgan fingerprint density at radius 2 is 1.82 bits per heavy atom. The van der Waals surface area contributed by atoms with Crippen LogP contribution in [0.4, 0.5) is 4.79 Å². The fourth-order valence-electron chi connectivity index (χ4n) is 4.63. The minimum Gasteiger partial charge on any atom is -0.450 e. The van der Waals surface area contributed by atoms with Gasteiger partial charge in [-0.15, -0.1) is 11.3 Å². The lowest BCUT2D eigenvalue weighted by Gasteiger charge is -2.33. The van der Waals surface area contributed by atoms with Crippen LogP contribution in [-0.4, -0.2) is 87.5 Å². The second-order valence-corrected chi connectivity index (χ2v) is 9.82. The molecule has 0 N–H and O–H groups in total. The summed E-state index contributed by atoms with van der Waals surface area (Å²) in [5.74, 6) is -0.257. The highest BCUT2D eigenvalue weighted by molar-refractivity contribution is 7.20. The first-order valence-electron chi connectivity index (χ1n) is 11.8. The molecule has 184 valence electrons. The zero-order valence-corrected chi connectivity index (χ0v) is 20.7. The first-order chi connectivity index (χ1) is 16.3. The van der Waals surface area contributed by atoms with Crippen LogP contribution in [0.15, 0.2) is 11.1 Å². The Bertz CT molecular complexity index is 1150. The second kappa shape index (κ2) is 10.1. The second-order valence-electron chi connectivity index (χ2n) is 8.82. The molecule has 2 fully saturated rings. The van der Waals surface area contributed by atoms with Gasteiger partial charge in [0.25, 0.3) is 11.5 Å². The molecular weight excluding hydrogens is 458 g/mol. The summed E-state index contributed by atoms with van der Waals surface area (Å²) >= 11 is 1.19. The summed E-state index contributed by atoms with van der Waals surface area (Å²) in [7, 11) is 0. The predicted molar refractivity (Wildman–Crippen MR) is 128 cm³/mol. The minimum atomic E-state index is -0.370. The molecule has 1 atom stereocenters. The summed E-state index contributed by atoms with van der Waals surface area (Å²) in [5.41, 5.74) is 0.284. The lowest BCUT2D eigenvalue weighted by atomic mass is 10.0. The van der Waals surface area contributed by atoms with Gasteiger partial charge in [0, 0.05) is 38.8 Å². The van der Waals surface area contributed by atoms with Gasteiger partial charge in [0.15, 0.2) is 0 Å². The highest BCUT2D eigenvalue weighted by atomic mass is 32.1. The van der Waals surface area contributed by atoms with E-state index in [2.05, 4.69) is 4.98 Å². The normalized spacial score (nSPS) is 18.9. The Kier molecular flexibility index (Phi) is 7.20. The van der Waals surface area contributed by atoms with Gasteiger partial charge in [0.1, 0.15) is 11.4 Å². The third-order valence-corrected chi connectivity index (χ3v) is 7.82. The van der Waals surface area contributed by atoms with Gasteiger partial charge in [0.2, 0.25) is 5.91 Å². The van der Waals surface area contributed by atoms with Crippen LogP contribution < -0.4 is 5.56 Å². The van der Waals surface area contributed by atoms with Crippen molar-refractivity contribution in [2.75, 3.05) is 39.3 Å². The van der Waals surface area contributed by atoms with Gasteiger partial charge >= 0.3 is 6.09 Å². The van der Waals surface area contributed by atoms with E-state index < -0.39 is 0 Å². The highest BCUT2D eigenvalue weighted by Gasteiger charge is 2.29. The summed E-state index contributed by atoms with van der Waals surface area (Å²) in [6, 6.07) is 0.171. The molecule has 0 aliphatic carbocycles. The molecule has 2 aromatic rings. The monoisotopic (exact) mass is 489 g/mol. The number of rotatable bonds is 4. The minimum absolute atomic E-state index is 0.0551. The number of likely N-dealkylation sites (tertiary alicyclic amines) is 1. The Balaban J connectivity index is 1.51. The van der Waals surface area contributed by atoms with Crippen LogP contribution in [0.5, 0.6) is 0 Å². The number of piperazine rings is 1. The van der Waals surface area contributed by atoms with Crippen molar-refractivity contribution < 1.29 is 19.1 Å². The van der Waals surface area contributed by atoms with E-state index in [0.29, 0.717) is 60.0 Å². The molecule has 0 aromatic carbocycles. The van der Waals surface area contributed by atoms with Crippen LogP contribution >= 0.6 is 11.3 Å². The van der Waals surface area contributed by atoms with Crippen molar-refractivity contribution >= 4 is 39.5 Å². The van der Waals surface area contributed by atoms with Gasteiger partial charge in [-0.1, -0.05) is 0 Å². The van der Waals surface area contributed by atoms with E-state index in [-0.39, 0.29) is 36.1 Å². The molecule has 3 amide bonds. The largest absolute Gasteiger partial charge is 0.450 e. The Morgan fingerprint density at radius 1 is 1.12 bits per heavy atom. The van der Waals surface area contributed by atoms with Gasteiger partial charge in [0.05, 0.1) is 23.2 Å². The van der Waals surface area contributed by atoms with Crippen molar-refractivity contribution in [1.82, 2.24) is 24.3 Å². The van der Waals surface area contributed by atoms with Crippen LogP contribution in [0, 0.1) is 6.92 Å². The number of nitrogens with zero attached hydrogens (tertiary/aromatic N) is 5. The van der Waals surface area contributed by atoms with E-state index in [1.165, 1.54) is 22.2 Å². The summed E-state index contributed by atoms with van der Waals surface area (Å²) < 4.78 is 6.38. The summed E-state index contributed by atoms with van der Waals surface area (Å²) in [6.07, 6.45) is 4.10. The van der Waals surface area contributed by atoms with Crippen molar-refractivity contribution in [3.05, 3.63) is 27.1 Å². The van der Waals surface area contributed by atoms with Crippen LogP contribution in [0.2, 0.25) is 0 Å². The molecule has 0 spiro atoms. The SMILES string of the molecule is CCOC(=O)N1CCN(C(=O)c2sc3ncn(CC(=O)N4CCCCC4C)c(=O)c3c2C)CC1. The number of ether oxygens (including phenoxy) is 1. The smallest absolute Gasteiger partial charge is 0.409 e. The summed E-state index contributed by atoms with van der Waals surface area (Å²) in [6.45, 7) is 8.10. The molecule has 0 radical (unpaired) electrons. The van der Waals surface area contributed by atoms with Gasteiger partial charge < -0.3 is 19.4 Å². The number of thiophene rings is 1. The molecule has 2 saturated heterocycles. The molecule has 1 unspecified atom stereocenters. The third kappa shape index (κ3) is 4.66. The van der Waals surface area contributed by atoms with Crippen molar-refractivity contribution in [3.63, 3.8) is 0 Å². The first kappa shape index (κ1) is 24.2. The van der Waals surface area contributed by atoms with Crippen LogP contribution in [-0.2, 0) is 16.1 Å². The van der Waals surface area contributed by atoms with Gasteiger partial charge in [-0.3, -0.25) is 19.0 Å². The average Bonchev–Trinajstić information content (AvgIpc) is 3.17. The van der Waals surface area contributed by atoms with Gasteiger partial charge in [-0.05, 0) is 45.6 Å². The maximum Gasteiger partial charge on any atom is 0.409 e. The number of hydrogen-bond acceptors (Lipinski definition) is 7. The number of aromatic nitrogens is 2. The number of hydrogen-bond donors (Lipinski definition) is 0. The molecule has 10 nitrogen and oxygen atoms in total. The van der Waals surface area contributed by atoms with Crippen molar-refractivity contribution in [1.29, 1.82) is 0 Å². The Labute approximate surface area is 202 Å². The molecular formula is C23H31N5O5S. The Hall–Kier alpha value is -2.95. The number of aryl methyl sites for hydroxylation is 1. The molecule has 0 saturated carbocycles. The summed E-state index contributed by atoms with van der Waals surface area (Å²) in [5, 5.41) is 0.389. The highest BCUT2D eigenvalue weighted by Crippen LogP contribution is 2.28. The van der Waals surface area contributed by atoms with Crippen LogP contribution in [0.3, 0.4) is 0 Å². The number of piperidine rings is 1. The third-order valence-electron chi connectivity index (χ3n) is 6.63. The topological polar surface area (TPSA) is 105 Å².